The SMILES string of the molecule is Cc1cc(-c2cc(C(N)=O)[nH]n2)ncn1. The first-order chi connectivity index (χ1) is 7.16. The van der Waals surface area contributed by atoms with Gasteiger partial charge in [0, 0.05) is 5.69 Å². The second-order valence-electron chi connectivity index (χ2n) is 3.08. The second kappa shape index (κ2) is 3.49. The first kappa shape index (κ1) is 9.32. The monoisotopic (exact) mass is 203 g/mol. The molecule has 0 fully saturated rings. The molecule has 0 saturated heterocycles. The number of aryl methyl sites for hydroxylation is 1. The predicted molar refractivity (Wildman–Crippen MR) is 52.9 cm³/mol. The first-order valence-electron chi connectivity index (χ1n) is 4.31. The Morgan fingerprint density at radius 1 is 1.33 bits per heavy atom. The van der Waals surface area contributed by atoms with Crippen LogP contribution in [0.3, 0.4) is 0 Å². The highest BCUT2D eigenvalue weighted by atomic mass is 16.1. The molecule has 1 amide bonds. The summed E-state index contributed by atoms with van der Waals surface area (Å²) in [6.07, 6.45) is 1.45. The minimum Gasteiger partial charge on any atom is -0.364 e. The molecule has 0 unspecified atom stereocenters. The Morgan fingerprint density at radius 2 is 2.13 bits per heavy atom. The number of primary amides is 1. The number of hydrogen-bond donors (Lipinski definition) is 2. The zero-order chi connectivity index (χ0) is 10.8. The fourth-order valence-electron chi connectivity index (χ4n) is 1.17. The number of rotatable bonds is 2. The Kier molecular flexibility index (Phi) is 2.17. The first-order valence-corrected chi connectivity index (χ1v) is 4.31. The second-order valence-corrected chi connectivity index (χ2v) is 3.08. The van der Waals surface area contributed by atoms with Crippen molar-refractivity contribution in [3.05, 3.63) is 29.8 Å². The van der Waals surface area contributed by atoms with Crippen molar-refractivity contribution in [2.45, 2.75) is 6.92 Å². The summed E-state index contributed by atoms with van der Waals surface area (Å²) in [6, 6.07) is 3.34. The van der Waals surface area contributed by atoms with Crippen LogP contribution in [0.15, 0.2) is 18.5 Å². The molecule has 0 radical (unpaired) electrons. The number of carbonyl (C=O) groups is 1. The Balaban J connectivity index is 2.41. The van der Waals surface area contributed by atoms with Crippen molar-refractivity contribution in [2.75, 3.05) is 0 Å². The van der Waals surface area contributed by atoms with Gasteiger partial charge >= 0.3 is 0 Å². The zero-order valence-corrected chi connectivity index (χ0v) is 8.06. The molecule has 0 aliphatic heterocycles. The van der Waals surface area contributed by atoms with E-state index >= 15 is 0 Å². The number of nitrogens with two attached hydrogens (primary N) is 1. The molecule has 0 spiro atoms. The van der Waals surface area contributed by atoms with Crippen molar-refractivity contribution in [2.24, 2.45) is 5.73 Å². The van der Waals surface area contributed by atoms with Crippen molar-refractivity contribution >= 4 is 5.91 Å². The fraction of sp³-hybridized carbons (Fsp3) is 0.111. The standard InChI is InChI=1S/C9H9N5O/c1-5-2-6(12-4-11-5)7-3-8(9(10)15)14-13-7/h2-4H,1H3,(H2,10,15)(H,13,14). The molecule has 3 N–H and O–H groups in total. The van der Waals surface area contributed by atoms with Gasteiger partial charge in [0.1, 0.15) is 17.7 Å². The molecular weight excluding hydrogens is 194 g/mol. The van der Waals surface area contributed by atoms with E-state index in [9.17, 15) is 4.79 Å². The average molecular weight is 203 g/mol. The van der Waals surface area contributed by atoms with Gasteiger partial charge in [0.25, 0.3) is 5.91 Å². The van der Waals surface area contributed by atoms with Gasteiger partial charge in [-0.3, -0.25) is 9.89 Å². The van der Waals surface area contributed by atoms with Crippen LogP contribution in [-0.2, 0) is 0 Å². The van der Waals surface area contributed by atoms with E-state index in [4.69, 9.17) is 5.73 Å². The van der Waals surface area contributed by atoms with E-state index in [1.807, 2.05) is 6.92 Å². The van der Waals surface area contributed by atoms with E-state index < -0.39 is 5.91 Å². The van der Waals surface area contributed by atoms with Crippen LogP contribution in [0.25, 0.3) is 11.4 Å². The fourth-order valence-corrected chi connectivity index (χ4v) is 1.17. The number of hydrogen-bond acceptors (Lipinski definition) is 4. The lowest BCUT2D eigenvalue weighted by molar-refractivity contribution is 0.0995. The molecule has 0 aromatic carbocycles. The Bertz CT molecular complexity index is 505. The van der Waals surface area contributed by atoms with Crippen LogP contribution in [0.1, 0.15) is 16.2 Å². The summed E-state index contributed by atoms with van der Waals surface area (Å²) >= 11 is 0. The van der Waals surface area contributed by atoms with Crippen LogP contribution in [0.5, 0.6) is 0 Å². The molecule has 0 aliphatic rings. The molecule has 0 saturated carbocycles. The van der Waals surface area contributed by atoms with Gasteiger partial charge in [-0.25, -0.2) is 9.97 Å². The van der Waals surface area contributed by atoms with Gasteiger partial charge in [0.2, 0.25) is 0 Å². The van der Waals surface area contributed by atoms with Gasteiger partial charge in [-0.2, -0.15) is 5.10 Å². The summed E-state index contributed by atoms with van der Waals surface area (Å²) in [5.74, 6) is -0.542. The molecule has 2 rings (SSSR count). The highest BCUT2D eigenvalue weighted by Gasteiger charge is 2.08. The lowest BCUT2D eigenvalue weighted by Gasteiger charge is -1.94. The van der Waals surface area contributed by atoms with E-state index in [-0.39, 0.29) is 5.69 Å². The maximum absolute atomic E-state index is 10.8. The van der Waals surface area contributed by atoms with Crippen LogP contribution < -0.4 is 5.73 Å². The summed E-state index contributed by atoms with van der Waals surface area (Å²) in [7, 11) is 0. The maximum Gasteiger partial charge on any atom is 0.266 e. The summed E-state index contributed by atoms with van der Waals surface area (Å²) in [4.78, 5) is 18.8. The molecule has 2 aromatic rings. The average Bonchev–Trinajstić information content (AvgIpc) is 2.66. The molecule has 6 heteroatoms. The molecule has 15 heavy (non-hydrogen) atoms. The number of nitrogens with one attached hydrogen (secondary N) is 1. The van der Waals surface area contributed by atoms with Crippen molar-refractivity contribution in [1.82, 2.24) is 20.2 Å². The van der Waals surface area contributed by atoms with E-state index in [0.717, 1.165) is 5.69 Å². The van der Waals surface area contributed by atoms with Crippen LogP contribution >= 0.6 is 0 Å². The van der Waals surface area contributed by atoms with E-state index in [0.29, 0.717) is 11.4 Å². The van der Waals surface area contributed by atoms with Crippen LogP contribution in [0, 0.1) is 6.92 Å². The van der Waals surface area contributed by atoms with Gasteiger partial charge in [0.05, 0.1) is 5.69 Å². The normalized spacial score (nSPS) is 10.2. The molecular formula is C9H9N5O. The van der Waals surface area contributed by atoms with Gasteiger partial charge in [0.15, 0.2) is 0 Å². The van der Waals surface area contributed by atoms with E-state index in [1.165, 1.54) is 6.33 Å². The van der Waals surface area contributed by atoms with Crippen molar-refractivity contribution in [3.8, 4) is 11.4 Å². The number of amides is 1. The van der Waals surface area contributed by atoms with Gasteiger partial charge in [-0.1, -0.05) is 0 Å². The molecule has 0 aliphatic carbocycles. The smallest absolute Gasteiger partial charge is 0.266 e. The molecule has 76 valence electrons. The van der Waals surface area contributed by atoms with Crippen molar-refractivity contribution in [1.29, 1.82) is 0 Å². The Morgan fingerprint density at radius 3 is 2.73 bits per heavy atom. The predicted octanol–water partition coefficient (Wildman–Crippen LogP) is 0.274. The quantitative estimate of drug-likeness (QED) is 0.732. The van der Waals surface area contributed by atoms with Gasteiger partial charge < -0.3 is 5.73 Å². The maximum atomic E-state index is 10.8. The summed E-state index contributed by atoms with van der Waals surface area (Å²) in [6.45, 7) is 1.85. The minimum absolute atomic E-state index is 0.265. The van der Waals surface area contributed by atoms with Crippen molar-refractivity contribution in [3.63, 3.8) is 0 Å². The topological polar surface area (TPSA) is 97.6 Å². The lowest BCUT2D eigenvalue weighted by Crippen LogP contribution is -2.10. The van der Waals surface area contributed by atoms with E-state index in [2.05, 4.69) is 20.2 Å². The Hall–Kier alpha value is -2.24. The number of nitrogens with zero attached hydrogens (tertiary/aromatic N) is 3. The number of aromatic amines is 1. The molecule has 2 aromatic heterocycles. The number of H-pyrrole nitrogens is 1. The third-order valence-corrected chi connectivity index (χ3v) is 1.91. The van der Waals surface area contributed by atoms with Gasteiger partial charge in [-0.05, 0) is 19.1 Å². The third kappa shape index (κ3) is 1.83. The minimum atomic E-state index is -0.542. The molecule has 0 atom stereocenters. The summed E-state index contributed by atoms with van der Waals surface area (Å²) in [5.41, 5.74) is 7.43. The van der Waals surface area contributed by atoms with Gasteiger partial charge in [-0.15, -0.1) is 0 Å². The van der Waals surface area contributed by atoms with Crippen molar-refractivity contribution < 1.29 is 4.79 Å². The summed E-state index contributed by atoms with van der Waals surface area (Å²) in [5, 5.41) is 6.47. The lowest BCUT2D eigenvalue weighted by atomic mass is 10.2. The molecule has 0 bridgehead atoms. The molecule has 6 nitrogen and oxygen atoms in total. The summed E-state index contributed by atoms with van der Waals surface area (Å²) < 4.78 is 0. The Labute approximate surface area is 85.6 Å². The number of aromatic nitrogens is 4. The highest BCUT2D eigenvalue weighted by molar-refractivity contribution is 5.91. The van der Waals surface area contributed by atoms with Crippen LogP contribution in [0.2, 0.25) is 0 Å². The zero-order valence-electron chi connectivity index (χ0n) is 8.06. The van der Waals surface area contributed by atoms with Crippen LogP contribution in [0.4, 0.5) is 0 Å². The van der Waals surface area contributed by atoms with Crippen LogP contribution in [-0.4, -0.2) is 26.1 Å². The number of carbonyl (C=O) groups excluding carboxylic acids is 1. The largest absolute Gasteiger partial charge is 0.364 e. The third-order valence-electron chi connectivity index (χ3n) is 1.91. The molecule has 2 heterocycles. The highest BCUT2D eigenvalue weighted by Crippen LogP contribution is 2.14. The van der Waals surface area contributed by atoms with E-state index in [1.54, 1.807) is 12.1 Å².